The van der Waals surface area contributed by atoms with Crippen molar-refractivity contribution in [3.63, 3.8) is 0 Å². The lowest BCUT2D eigenvalue weighted by molar-refractivity contribution is -0.165. The van der Waals surface area contributed by atoms with Gasteiger partial charge in [0.25, 0.3) is 0 Å². The first-order valence-electron chi connectivity index (χ1n) is 7.97. The van der Waals surface area contributed by atoms with Gasteiger partial charge in [0, 0.05) is 25.7 Å². The molecule has 1 saturated heterocycles. The van der Waals surface area contributed by atoms with Gasteiger partial charge in [-0.05, 0) is 39.3 Å². The summed E-state index contributed by atoms with van der Waals surface area (Å²) in [6.07, 6.45) is 3.44. The van der Waals surface area contributed by atoms with Crippen LogP contribution in [0.5, 0.6) is 0 Å². The Balaban J connectivity index is 2.18. The van der Waals surface area contributed by atoms with Gasteiger partial charge in [-0.1, -0.05) is 0 Å². The normalized spacial score (nSPS) is 23.3. The molecule has 21 heavy (non-hydrogen) atoms. The van der Waals surface area contributed by atoms with E-state index in [1.54, 1.807) is 0 Å². The van der Waals surface area contributed by atoms with E-state index < -0.39 is 22.4 Å². The Morgan fingerprint density at radius 3 is 1.48 bits per heavy atom. The van der Waals surface area contributed by atoms with Crippen LogP contribution in [0.25, 0.3) is 0 Å². The number of allylic oxidation sites excluding steroid dienone is 2. The zero-order valence-corrected chi connectivity index (χ0v) is 16.4. The van der Waals surface area contributed by atoms with E-state index in [2.05, 4.69) is 39.3 Å². The molecule has 1 fully saturated rings. The van der Waals surface area contributed by atoms with Gasteiger partial charge in [-0.25, -0.2) is 0 Å². The molecule has 1 aliphatic carbocycles. The molecule has 1 heterocycles. The molecule has 1 spiro atoms. The summed E-state index contributed by atoms with van der Waals surface area (Å²) in [4.78, 5) is 0. The molecule has 0 saturated carbocycles. The molecule has 6 heteroatoms. The first-order chi connectivity index (χ1) is 9.59. The highest BCUT2D eigenvalue weighted by molar-refractivity contribution is 6.70. The van der Waals surface area contributed by atoms with Crippen LogP contribution in [-0.2, 0) is 18.3 Å². The maximum absolute atomic E-state index is 6.32. The van der Waals surface area contributed by atoms with E-state index in [-0.39, 0.29) is 0 Å². The second kappa shape index (κ2) is 6.06. The molecule has 1 aliphatic heterocycles. The van der Waals surface area contributed by atoms with Gasteiger partial charge in [0.1, 0.15) is 11.5 Å². The summed E-state index contributed by atoms with van der Waals surface area (Å²) in [5, 5.41) is 0. The van der Waals surface area contributed by atoms with Crippen molar-refractivity contribution >= 4 is 16.6 Å². The molecule has 0 bridgehead atoms. The number of ether oxygens (including phenoxy) is 2. The Kier molecular flexibility index (Phi) is 4.92. The molecular weight excluding hydrogens is 300 g/mol. The fraction of sp³-hybridized carbons (Fsp3) is 0.867. The van der Waals surface area contributed by atoms with Gasteiger partial charge in [0.2, 0.25) is 16.6 Å². The summed E-state index contributed by atoms with van der Waals surface area (Å²) in [6, 6.07) is 0. The molecular formula is C15H30O4Si2. The third-order valence-electron chi connectivity index (χ3n) is 3.45. The van der Waals surface area contributed by atoms with Crippen LogP contribution in [0, 0.1) is 0 Å². The van der Waals surface area contributed by atoms with Crippen LogP contribution < -0.4 is 0 Å². The molecule has 0 aromatic carbocycles. The smallest absolute Gasteiger partial charge is 0.241 e. The highest BCUT2D eigenvalue weighted by Crippen LogP contribution is 2.39. The second-order valence-electron chi connectivity index (χ2n) is 7.88. The summed E-state index contributed by atoms with van der Waals surface area (Å²) in [7, 11) is -3.28. The number of hydrogen-bond acceptors (Lipinski definition) is 4. The maximum atomic E-state index is 6.32. The van der Waals surface area contributed by atoms with Crippen molar-refractivity contribution in [2.24, 2.45) is 0 Å². The van der Waals surface area contributed by atoms with Crippen LogP contribution in [0.2, 0.25) is 39.3 Å². The molecule has 0 atom stereocenters. The lowest BCUT2D eigenvalue weighted by atomic mass is 10.1. The maximum Gasteiger partial charge on any atom is 0.241 e. The average Bonchev–Trinajstić information content (AvgIpc) is 2.70. The van der Waals surface area contributed by atoms with Crippen LogP contribution in [0.15, 0.2) is 11.5 Å². The van der Waals surface area contributed by atoms with Crippen molar-refractivity contribution < 1.29 is 18.3 Å². The van der Waals surface area contributed by atoms with Crippen LogP contribution in [-0.4, -0.2) is 35.6 Å². The van der Waals surface area contributed by atoms with Gasteiger partial charge < -0.3 is 18.3 Å². The highest BCUT2D eigenvalue weighted by Gasteiger charge is 2.40. The van der Waals surface area contributed by atoms with E-state index in [1.807, 2.05) is 0 Å². The topological polar surface area (TPSA) is 36.9 Å². The minimum Gasteiger partial charge on any atom is -0.545 e. The molecule has 0 aromatic heterocycles. The van der Waals surface area contributed by atoms with Gasteiger partial charge >= 0.3 is 0 Å². The minimum absolute atomic E-state index is 0.404. The molecule has 4 nitrogen and oxygen atoms in total. The Bertz CT molecular complexity index is 369. The van der Waals surface area contributed by atoms with Crippen molar-refractivity contribution in [2.75, 3.05) is 13.2 Å². The minimum atomic E-state index is -1.64. The first-order valence-corrected chi connectivity index (χ1v) is 14.8. The standard InChI is InChI=1S/C15H30O4Si2/c1-20(2,3)18-13-7-9-15(16-11-12-17-15)10-8-14(13)19-21(4,5)6/h7-12H2,1-6H3. The molecule has 0 unspecified atom stereocenters. The van der Waals surface area contributed by atoms with Gasteiger partial charge in [0.05, 0.1) is 13.2 Å². The summed E-state index contributed by atoms with van der Waals surface area (Å²) < 4.78 is 24.4. The third kappa shape index (κ3) is 5.12. The van der Waals surface area contributed by atoms with Gasteiger partial charge in [0.15, 0.2) is 5.79 Å². The molecule has 122 valence electrons. The number of hydrogen-bond donors (Lipinski definition) is 0. The lowest BCUT2D eigenvalue weighted by Crippen LogP contribution is -2.29. The quantitative estimate of drug-likeness (QED) is 0.723. The van der Waals surface area contributed by atoms with E-state index in [1.165, 1.54) is 0 Å². The van der Waals surface area contributed by atoms with Gasteiger partial charge in [-0.3, -0.25) is 0 Å². The van der Waals surface area contributed by atoms with E-state index in [4.69, 9.17) is 18.3 Å². The van der Waals surface area contributed by atoms with E-state index in [9.17, 15) is 0 Å². The average molecular weight is 331 g/mol. The van der Waals surface area contributed by atoms with Crippen molar-refractivity contribution in [2.45, 2.75) is 70.8 Å². The van der Waals surface area contributed by atoms with Gasteiger partial charge in [-0.2, -0.15) is 0 Å². The summed E-state index contributed by atoms with van der Waals surface area (Å²) >= 11 is 0. The Morgan fingerprint density at radius 2 is 1.14 bits per heavy atom. The summed E-state index contributed by atoms with van der Waals surface area (Å²) in [6.45, 7) is 14.7. The zero-order valence-electron chi connectivity index (χ0n) is 14.4. The molecule has 2 aliphatic rings. The summed E-state index contributed by atoms with van der Waals surface area (Å²) in [5.41, 5.74) is 0. The predicted octanol–water partition coefficient (Wildman–Crippen LogP) is 4.22. The summed E-state index contributed by atoms with van der Waals surface area (Å²) in [5.74, 6) is 1.69. The van der Waals surface area contributed by atoms with Crippen LogP contribution in [0.3, 0.4) is 0 Å². The van der Waals surface area contributed by atoms with Crippen molar-refractivity contribution in [3.8, 4) is 0 Å². The van der Waals surface area contributed by atoms with Crippen molar-refractivity contribution in [1.29, 1.82) is 0 Å². The zero-order chi connectivity index (χ0) is 15.7. The van der Waals surface area contributed by atoms with Gasteiger partial charge in [-0.15, -0.1) is 0 Å². The number of rotatable bonds is 4. The molecule has 0 N–H and O–H groups in total. The van der Waals surface area contributed by atoms with Crippen molar-refractivity contribution in [3.05, 3.63) is 11.5 Å². The lowest BCUT2D eigenvalue weighted by Gasteiger charge is -2.27. The fourth-order valence-corrected chi connectivity index (χ4v) is 4.66. The monoisotopic (exact) mass is 330 g/mol. The van der Waals surface area contributed by atoms with Crippen molar-refractivity contribution in [1.82, 2.24) is 0 Å². The van der Waals surface area contributed by atoms with E-state index >= 15 is 0 Å². The van der Waals surface area contributed by atoms with E-state index in [0.29, 0.717) is 13.2 Å². The third-order valence-corrected chi connectivity index (χ3v) is 5.17. The van der Waals surface area contributed by atoms with Crippen LogP contribution >= 0.6 is 0 Å². The molecule has 2 rings (SSSR count). The van der Waals surface area contributed by atoms with Crippen LogP contribution in [0.1, 0.15) is 25.7 Å². The predicted molar refractivity (Wildman–Crippen MR) is 89.0 cm³/mol. The molecule has 0 amide bonds. The second-order valence-corrected chi connectivity index (χ2v) is 16.7. The van der Waals surface area contributed by atoms with Crippen LogP contribution in [0.4, 0.5) is 0 Å². The Morgan fingerprint density at radius 1 is 0.762 bits per heavy atom. The SMILES string of the molecule is C[Si](C)(C)OC1=C(O[Si](C)(C)C)CCC2(CC1)OCCO2. The largest absolute Gasteiger partial charge is 0.545 e. The first kappa shape index (κ1) is 17.1. The molecule has 0 aromatic rings. The molecule has 0 radical (unpaired) electrons. The Hall–Kier alpha value is -0.306. The van der Waals surface area contributed by atoms with E-state index in [0.717, 1.165) is 37.2 Å². The Labute approximate surface area is 131 Å². The highest BCUT2D eigenvalue weighted by atomic mass is 28.4. The fourth-order valence-electron chi connectivity index (χ4n) is 2.75.